The molecule has 0 radical (unpaired) electrons. The number of nitrogens with one attached hydrogen (secondary N) is 1. The van der Waals surface area contributed by atoms with E-state index in [0.717, 1.165) is 21.3 Å². The second kappa shape index (κ2) is 10.2. The van der Waals surface area contributed by atoms with Crippen LogP contribution in [0.4, 0.5) is 0 Å². The number of thioether (sulfide) groups is 2. The number of hydrogen-bond donors (Lipinski definition) is 4. The minimum Gasteiger partial charge on any atom is -0.477 e. The number of carbonyl (C=O) groups is 3. The van der Waals surface area contributed by atoms with Crippen molar-refractivity contribution in [2.45, 2.75) is 29.2 Å². The molecule has 0 aromatic carbocycles. The van der Waals surface area contributed by atoms with Crippen molar-refractivity contribution in [3.05, 3.63) is 33.7 Å². The number of carboxylic acid groups (broad SMARTS) is 1. The largest absolute Gasteiger partial charge is 0.477 e. The number of nitrogens with zero attached hydrogens (tertiary/aromatic N) is 5. The van der Waals surface area contributed by atoms with Crippen LogP contribution >= 0.6 is 34.9 Å². The molecule has 188 valence electrons. The monoisotopic (exact) mass is 562 g/mol. The Labute approximate surface area is 210 Å². The number of tetrazole rings is 1. The zero-order valence-electron chi connectivity index (χ0n) is 17.5. The summed E-state index contributed by atoms with van der Waals surface area (Å²) in [7, 11) is -4.22. The molecule has 14 nitrogen and oxygen atoms in total. The van der Waals surface area contributed by atoms with E-state index in [1.807, 2.05) is 0 Å². The number of carbonyl (C=O) groups excluding carboxylic acids is 2. The van der Waals surface area contributed by atoms with Crippen LogP contribution in [-0.2, 0) is 31.0 Å². The maximum Gasteiger partial charge on any atom is 0.352 e. The first kappa shape index (κ1) is 25.6. The van der Waals surface area contributed by atoms with Crippen molar-refractivity contribution in [3.8, 4) is 0 Å². The lowest BCUT2D eigenvalue weighted by Crippen LogP contribution is -2.70. The van der Waals surface area contributed by atoms with Crippen LogP contribution in [0.5, 0.6) is 0 Å². The molecule has 2 aliphatic heterocycles. The highest BCUT2D eigenvalue weighted by Crippen LogP contribution is 2.41. The summed E-state index contributed by atoms with van der Waals surface area (Å²) in [6, 6.07) is 2.30. The van der Waals surface area contributed by atoms with Gasteiger partial charge in [-0.25, -0.2) is 9.48 Å². The average molecular weight is 563 g/mol. The van der Waals surface area contributed by atoms with Crippen LogP contribution in [0.25, 0.3) is 0 Å². The number of thiophene rings is 1. The van der Waals surface area contributed by atoms with E-state index in [1.165, 1.54) is 23.1 Å². The fourth-order valence-corrected chi connectivity index (χ4v) is 6.90. The first-order valence-corrected chi connectivity index (χ1v) is 14.3. The highest BCUT2D eigenvalue weighted by atomic mass is 32.2. The van der Waals surface area contributed by atoms with E-state index >= 15 is 0 Å². The highest BCUT2D eigenvalue weighted by molar-refractivity contribution is 8.01. The summed E-state index contributed by atoms with van der Waals surface area (Å²) in [4.78, 5) is 38.7. The van der Waals surface area contributed by atoms with Crippen LogP contribution in [-0.4, -0.2) is 94.7 Å². The van der Waals surface area contributed by atoms with Gasteiger partial charge in [-0.15, -0.1) is 28.2 Å². The summed E-state index contributed by atoms with van der Waals surface area (Å²) in [5.74, 6) is -2.91. The Bertz CT molecular complexity index is 1280. The molecule has 35 heavy (non-hydrogen) atoms. The maximum atomic E-state index is 12.8. The summed E-state index contributed by atoms with van der Waals surface area (Å²) in [6.45, 7) is -0.195. The van der Waals surface area contributed by atoms with Gasteiger partial charge in [0.2, 0.25) is 5.16 Å². The van der Waals surface area contributed by atoms with Crippen LogP contribution in [0.3, 0.4) is 0 Å². The Morgan fingerprint density at radius 3 is 2.80 bits per heavy atom. The van der Waals surface area contributed by atoms with Gasteiger partial charge in [0, 0.05) is 16.4 Å². The van der Waals surface area contributed by atoms with Crippen LogP contribution < -0.4 is 5.32 Å². The Morgan fingerprint density at radius 1 is 1.37 bits per heavy atom. The zero-order valence-corrected chi connectivity index (χ0v) is 20.8. The van der Waals surface area contributed by atoms with Crippen molar-refractivity contribution in [2.24, 2.45) is 0 Å². The Morgan fingerprint density at radius 2 is 2.14 bits per heavy atom. The predicted octanol–water partition coefficient (Wildman–Crippen LogP) is -0.813. The average Bonchev–Trinajstić information content (AvgIpc) is 3.50. The van der Waals surface area contributed by atoms with E-state index in [9.17, 15) is 33.0 Å². The van der Waals surface area contributed by atoms with E-state index in [4.69, 9.17) is 4.55 Å². The van der Waals surface area contributed by atoms with Gasteiger partial charge in [-0.1, -0.05) is 17.8 Å². The summed E-state index contributed by atoms with van der Waals surface area (Å²) < 4.78 is 32.0. The molecule has 18 heteroatoms. The van der Waals surface area contributed by atoms with Crippen LogP contribution in [0, 0.1) is 0 Å². The molecule has 4 N–H and O–H groups in total. The molecule has 2 aromatic heterocycles. The van der Waals surface area contributed by atoms with E-state index in [0.29, 0.717) is 10.5 Å². The van der Waals surface area contributed by atoms with E-state index in [-0.39, 0.29) is 28.9 Å². The first-order chi connectivity index (χ1) is 16.6. The smallest absolute Gasteiger partial charge is 0.352 e. The number of aryl methyl sites for hydroxylation is 1. The lowest BCUT2D eigenvalue weighted by molar-refractivity contribution is -0.151. The van der Waals surface area contributed by atoms with Crippen molar-refractivity contribution in [3.63, 3.8) is 0 Å². The van der Waals surface area contributed by atoms with Gasteiger partial charge in [0.05, 0.1) is 12.3 Å². The zero-order chi connectivity index (χ0) is 25.3. The van der Waals surface area contributed by atoms with Crippen LogP contribution in [0.15, 0.2) is 33.9 Å². The molecular formula is C17H18N6O8S4. The van der Waals surface area contributed by atoms with Gasteiger partial charge in [-0.05, 0) is 27.4 Å². The molecule has 3 atom stereocenters. The number of aromatic nitrogens is 4. The van der Waals surface area contributed by atoms with E-state index < -0.39 is 51.2 Å². The SMILES string of the molecule is O=C(O)C1=C(CSc2nnnn2CCS(=O)(=O)O)CS[C@@H]2C(NC(=O)C(O)c3cccs3)C(=O)N12. The van der Waals surface area contributed by atoms with Crippen molar-refractivity contribution in [2.75, 3.05) is 17.3 Å². The van der Waals surface area contributed by atoms with Gasteiger partial charge in [-0.3, -0.25) is 19.0 Å². The summed E-state index contributed by atoms with van der Waals surface area (Å²) in [6.07, 6.45) is -1.43. The van der Waals surface area contributed by atoms with E-state index in [1.54, 1.807) is 17.5 Å². The van der Waals surface area contributed by atoms with Crippen molar-refractivity contribution < 1.29 is 37.6 Å². The molecule has 2 aliphatic rings. The minimum absolute atomic E-state index is 0.103. The van der Waals surface area contributed by atoms with Crippen molar-refractivity contribution in [1.29, 1.82) is 0 Å². The fourth-order valence-electron chi connectivity index (χ4n) is 3.40. The van der Waals surface area contributed by atoms with E-state index in [2.05, 4.69) is 20.8 Å². The molecule has 4 heterocycles. The third-order valence-corrected chi connectivity index (χ3v) is 9.05. The number of aliphatic hydroxyl groups excluding tert-OH is 1. The molecule has 2 aromatic rings. The normalized spacial score (nSPS) is 20.9. The number of hydrogen-bond acceptors (Lipinski definition) is 12. The fraction of sp³-hybridized carbons (Fsp3) is 0.412. The number of aliphatic carboxylic acids is 1. The summed E-state index contributed by atoms with van der Waals surface area (Å²) in [5, 5.41) is 34.6. The second-order valence-corrected chi connectivity index (χ2v) is 11.9. The molecule has 1 saturated heterocycles. The Balaban J connectivity index is 1.43. The van der Waals surface area contributed by atoms with Crippen molar-refractivity contribution >= 4 is 62.8 Å². The number of rotatable bonds is 10. The van der Waals surface area contributed by atoms with Gasteiger partial charge in [-0.2, -0.15) is 8.42 Å². The molecule has 0 aliphatic carbocycles. The number of fused-ring (bicyclic) bond motifs is 1. The molecule has 0 bridgehead atoms. The number of aliphatic hydroxyl groups is 1. The third kappa shape index (κ3) is 5.51. The maximum absolute atomic E-state index is 12.8. The number of amides is 2. The van der Waals surface area contributed by atoms with Crippen LogP contribution in [0.1, 0.15) is 11.0 Å². The number of β-lactam (4-membered cyclic amide) rings is 1. The molecule has 2 amide bonds. The minimum atomic E-state index is -4.22. The van der Waals surface area contributed by atoms with Gasteiger partial charge >= 0.3 is 5.97 Å². The molecule has 0 spiro atoms. The summed E-state index contributed by atoms with van der Waals surface area (Å²) in [5.41, 5.74) is 0.220. The molecule has 4 rings (SSSR count). The summed E-state index contributed by atoms with van der Waals surface area (Å²) >= 11 is 3.51. The van der Waals surface area contributed by atoms with Gasteiger partial charge in [0.25, 0.3) is 21.9 Å². The molecular weight excluding hydrogens is 544 g/mol. The lowest BCUT2D eigenvalue weighted by Gasteiger charge is -2.49. The standard InChI is InChI=1S/C17H18N6O8S4/c24-12(9-2-1-4-32-9)13(25)18-10-14(26)23-11(16(27)28)8(6-33-15(10)23)7-34-17-19-20-21-22(17)3-5-35(29,30)31/h1-2,4,10,12,15,24H,3,5-7H2,(H,18,25)(H,27,28)(H,29,30,31)/t10?,12?,15-/m1/s1. The molecule has 1 fully saturated rings. The number of carboxylic acids is 1. The van der Waals surface area contributed by atoms with Crippen LogP contribution in [0.2, 0.25) is 0 Å². The van der Waals surface area contributed by atoms with Crippen molar-refractivity contribution in [1.82, 2.24) is 30.4 Å². The Hall–Kier alpha value is -2.51. The predicted molar refractivity (Wildman–Crippen MR) is 124 cm³/mol. The molecule has 2 unspecified atom stereocenters. The lowest BCUT2D eigenvalue weighted by atomic mass is 10.0. The highest BCUT2D eigenvalue weighted by Gasteiger charge is 2.54. The van der Waals surface area contributed by atoms with Gasteiger partial charge in [0.15, 0.2) is 6.10 Å². The first-order valence-electron chi connectivity index (χ1n) is 9.83. The Kier molecular flexibility index (Phi) is 7.48. The second-order valence-electron chi connectivity index (χ2n) is 7.33. The van der Waals surface area contributed by atoms with Gasteiger partial charge < -0.3 is 15.5 Å². The van der Waals surface area contributed by atoms with Gasteiger partial charge in [0.1, 0.15) is 17.1 Å². The third-order valence-electron chi connectivity index (χ3n) is 5.04. The quantitative estimate of drug-likeness (QED) is 0.159. The molecule has 0 saturated carbocycles. The topological polar surface area (TPSA) is 205 Å².